The molecule has 90 valence electrons. The van der Waals surface area contributed by atoms with Crippen molar-refractivity contribution in [3.05, 3.63) is 55.7 Å². The molecule has 1 heterocycles. The Morgan fingerprint density at radius 1 is 1.24 bits per heavy atom. The maximum atomic E-state index is 6.22. The molecule has 0 saturated heterocycles. The monoisotopic (exact) mass is 285 g/mol. The first kappa shape index (κ1) is 12.9. The van der Waals surface area contributed by atoms with Crippen LogP contribution in [0.15, 0.2) is 30.3 Å². The molecule has 0 fully saturated rings. The number of hydrogen-bond donors (Lipinski definition) is 1. The molecular formula is C13H13Cl2NS. The van der Waals surface area contributed by atoms with E-state index in [1.807, 2.05) is 12.1 Å². The lowest BCUT2D eigenvalue weighted by atomic mass is 10.1. The minimum absolute atomic E-state index is 0.176. The predicted molar refractivity (Wildman–Crippen MR) is 76.2 cm³/mol. The van der Waals surface area contributed by atoms with Gasteiger partial charge >= 0.3 is 0 Å². The molecule has 0 saturated carbocycles. The average Bonchev–Trinajstić information content (AvgIpc) is 2.76. The van der Waals surface area contributed by atoms with Crippen molar-refractivity contribution in [3.63, 3.8) is 0 Å². The van der Waals surface area contributed by atoms with Gasteiger partial charge in [-0.15, -0.1) is 11.3 Å². The van der Waals surface area contributed by atoms with Gasteiger partial charge in [0.05, 0.1) is 6.04 Å². The van der Waals surface area contributed by atoms with Crippen molar-refractivity contribution >= 4 is 34.5 Å². The minimum Gasteiger partial charge on any atom is -0.320 e. The Balaban J connectivity index is 2.33. The van der Waals surface area contributed by atoms with Crippen LogP contribution in [0.2, 0.25) is 10.0 Å². The third-order valence-corrected chi connectivity index (χ3v) is 4.51. The van der Waals surface area contributed by atoms with Crippen LogP contribution in [0.3, 0.4) is 0 Å². The van der Waals surface area contributed by atoms with E-state index in [1.54, 1.807) is 17.4 Å². The van der Waals surface area contributed by atoms with Crippen molar-refractivity contribution in [2.45, 2.75) is 19.4 Å². The van der Waals surface area contributed by atoms with E-state index >= 15 is 0 Å². The molecule has 2 N–H and O–H groups in total. The number of aryl methyl sites for hydroxylation is 1. The first-order valence-corrected chi connectivity index (χ1v) is 6.98. The SMILES string of the molecule is CCc1ccc(C(N)c2ccc(Cl)cc2Cl)s1. The lowest BCUT2D eigenvalue weighted by Gasteiger charge is -2.12. The van der Waals surface area contributed by atoms with Crippen molar-refractivity contribution in [3.8, 4) is 0 Å². The van der Waals surface area contributed by atoms with Crippen molar-refractivity contribution < 1.29 is 0 Å². The fourth-order valence-corrected chi connectivity index (χ4v) is 3.16. The fraction of sp³-hybridized carbons (Fsp3) is 0.231. The summed E-state index contributed by atoms with van der Waals surface area (Å²) in [5.74, 6) is 0. The van der Waals surface area contributed by atoms with Crippen LogP contribution in [0, 0.1) is 0 Å². The van der Waals surface area contributed by atoms with Crippen LogP contribution in [0.25, 0.3) is 0 Å². The van der Waals surface area contributed by atoms with Gasteiger partial charge in [0.2, 0.25) is 0 Å². The lowest BCUT2D eigenvalue weighted by Crippen LogP contribution is -2.10. The Labute approximate surface area is 115 Å². The Hall–Kier alpha value is -0.540. The highest BCUT2D eigenvalue weighted by Crippen LogP contribution is 2.32. The summed E-state index contributed by atoms with van der Waals surface area (Å²) in [6.45, 7) is 2.14. The standard InChI is InChI=1S/C13H13Cl2NS/c1-2-9-4-6-12(17-9)13(16)10-5-3-8(14)7-11(10)15/h3-7,13H,2,16H2,1H3. The van der Waals surface area contributed by atoms with Crippen molar-refractivity contribution in [1.82, 2.24) is 0 Å². The molecule has 0 aliphatic carbocycles. The fourth-order valence-electron chi connectivity index (χ4n) is 1.66. The van der Waals surface area contributed by atoms with Gasteiger partial charge in [-0.05, 0) is 36.2 Å². The molecule has 0 aliphatic heterocycles. The number of benzene rings is 1. The second kappa shape index (κ2) is 5.40. The largest absolute Gasteiger partial charge is 0.320 e. The van der Waals surface area contributed by atoms with Gasteiger partial charge in [0.25, 0.3) is 0 Å². The third-order valence-electron chi connectivity index (χ3n) is 2.63. The zero-order chi connectivity index (χ0) is 12.4. The van der Waals surface area contributed by atoms with Gasteiger partial charge in [0, 0.05) is 19.8 Å². The number of hydrogen-bond acceptors (Lipinski definition) is 2. The highest BCUT2D eigenvalue weighted by Gasteiger charge is 2.14. The molecule has 2 aromatic rings. The summed E-state index contributed by atoms with van der Waals surface area (Å²) in [4.78, 5) is 2.46. The van der Waals surface area contributed by atoms with Gasteiger partial charge in [0.1, 0.15) is 0 Å². The van der Waals surface area contributed by atoms with E-state index in [4.69, 9.17) is 28.9 Å². The summed E-state index contributed by atoms with van der Waals surface area (Å²) in [6.07, 6.45) is 1.03. The van der Waals surface area contributed by atoms with Gasteiger partial charge < -0.3 is 5.73 Å². The number of thiophene rings is 1. The molecule has 4 heteroatoms. The van der Waals surface area contributed by atoms with E-state index in [0.717, 1.165) is 16.9 Å². The molecule has 17 heavy (non-hydrogen) atoms. The molecule has 2 rings (SSSR count). The van der Waals surface area contributed by atoms with Crippen molar-refractivity contribution in [1.29, 1.82) is 0 Å². The van der Waals surface area contributed by atoms with Gasteiger partial charge in [-0.1, -0.05) is 36.2 Å². The topological polar surface area (TPSA) is 26.0 Å². The van der Waals surface area contributed by atoms with Crippen LogP contribution in [0.5, 0.6) is 0 Å². The summed E-state index contributed by atoms with van der Waals surface area (Å²) in [6, 6.07) is 9.44. The Morgan fingerprint density at radius 3 is 2.59 bits per heavy atom. The maximum Gasteiger partial charge on any atom is 0.0660 e. The zero-order valence-corrected chi connectivity index (χ0v) is 11.7. The molecular weight excluding hydrogens is 273 g/mol. The summed E-state index contributed by atoms with van der Waals surface area (Å²) in [7, 11) is 0. The van der Waals surface area contributed by atoms with E-state index in [1.165, 1.54) is 4.88 Å². The number of nitrogens with two attached hydrogens (primary N) is 1. The highest BCUT2D eigenvalue weighted by atomic mass is 35.5. The van der Waals surface area contributed by atoms with E-state index in [9.17, 15) is 0 Å². The first-order valence-electron chi connectivity index (χ1n) is 5.41. The van der Waals surface area contributed by atoms with E-state index in [2.05, 4.69) is 19.1 Å². The van der Waals surface area contributed by atoms with E-state index in [0.29, 0.717) is 10.0 Å². The number of rotatable bonds is 3. The summed E-state index contributed by atoms with van der Waals surface area (Å²) in [5.41, 5.74) is 7.14. The van der Waals surface area contributed by atoms with Crippen molar-refractivity contribution in [2.75, 3.05) is 0 Å². The van der Waals surface area contributed by atoms with Crippen LogP contribution < -0.4 is 5.73 Å². The smallest absolute Gasteiger partial charge is 0.0660 e. The van der Waals surface area contributed by atoms with Gasteiger partial charge in [-0.3, -0.25) is 0 Å². The summed E-state index contributed by atoms with van der Waals surface area (Å²) in [5, 5.41) is 1.25. The van der Waals surface area contributed by atoms with Crippen LogP contribution >= 0.6 is 34.5 Å². The quantitative estimate of drug-likeness (QED) is 0.872. The molecule has 1 aromatic heterocycles. The highest BCUT2D eigenvalue weighted by molar-refractivity contribution is 7.12. The molecule has 0 bridgehead atoms. The van der Waals surface area contributed by atoms with Crippen LogP contribution in [0.1, 0.15) is 28.3 Å². The second-order valence-electron chi connectivity index (χ2n) is 3.80. The molecule has 1 unspecified atom stereocenters. The van der Waals surface area contributed by atoms with E-state index < -0.39 is 0 Å². The Kier molecular flexibility index (Phi) is 4.10. The Bertz CT molecular complexity index is 522. The predicted octanol–water partition coefficient (Wildman–Crippen LogP) is 4.67. The van der Waals surface area contributed by atoms with Gasteiger partial charge in [-0.2, -0.15) is 0 Å². The first-order chi connectivity index (χ1) is 8.11. The summed E-state index contributed by atoms with van der Waals surface area (Å²) >= 11 is 13.8. The summed E-state index contributed by atoms with van der Waals surface area (Å²) < 4.78 is 0. The second-order valence-corrected chi connectivity index (χ2v) is 5.84. The molecule has 0 aliphatic rings. The maximum absolute atomic E-state index is 6.22. The van der Waals surface area contributed by atoms with Crippen LogP contribution in [0.4, 0.5) is 0 Å². The molecule has 1 aromatic carbocycles. The van der Waals surface area contributed by atoms with Gasteiger partial charge in [-0.25, -0.2) is 0 Å². The lowest BCUT2D eigenvalue weighted by molar-refractivity contribution is 0.894. The minimum atomic E-state index is -0.176. The Morgan fingerprint density at radius 2 is 2.00 bits per heavy atom. The van der Waals surface area contributed by atoms with Crippen molar-refractivity contribution in [2.24, 2.45) is 5.73 Å². The normalized spacial score (nSPS) is 12.7. The zero-order valence-electron chi connectivity index (χ0n) is 9.41. The number of halogens is 2. The molecule has 1 atom stereocenters. The third kappa shape index (κ3) is 2.83. The van der Waals surface area contributed by atoms with Gasteiger partial charge in [0.15, 0.2) is 0 Å². The average molecular weight is 286 g/mol. The van der Waals surface area contributed by atoms with Crippen LogP contribution in [-0.4, -0.2) is 0 Å². The molecule has 0 spiro atoms. The molecule has 0 radical (unpaired) electrons. The molecule has 1 nitrogen and oxygen atoms in total. The molecule has 0 amide bonds. The van der Waals surface area contributed by atoms with E-state index in [-0.39, 0.29) is 6.04 Å². The van der Waals surface area contributed by atoms with Crippen LogP contribution in [-0.2, 0) is 6.42 Å².